The van der Waals surface area contributed by atoms with Crippen LogP contribution >= 0.6 is 0 Å². The van der Waals surface area contributed by atoms with Crippen molar-refractivity contribution in [2.75, 3.05) is 19.7 Å². The Bertz CT molecular complexity index is 566. The van der Waals surface area contributed by atoms with Crippen molar-refractivity contribution in [1.29, 1.82) is 0 Å². The van der Waals surface area contributed by atoms with Gasteiger partial charge in [0.25, 0.3) is 0 Å². The van der Waals surface area contributed by atoms with Crippen LogP contribution in [0.4, 0.5) is 0 Å². The molecule has 0 aromatic carbocycles. The maximum atomic E-state index is 12.6. The molecule has 23 heavy (non-hydrogen) atoms. The highest BCUT2D eigenvalue weighted by Gasteiger charge is 2.42. The Morgan fingerprint density at radius 2 is 2.17 bits per heavy atom. The number of hydrogen-bond donors (Lipinski definition) is 1. The number of carbonyl (C=O) groups excluding carboxylic acids is 1. The molecule has 1 aromatic heterocycles. The van der Waals surface area contributed by atoms with Crippen molar-refractivity contribution in [2.45, 2.75) is 51.3 Å². The van der Waals surface area contributed by atoms with Crippen molar-refractivity contribution >= 4 is 5.91 Å². The average Bonchev–Trinajstić information content (AvgIpc) is 3.27. The number of piperidine rings is 1. The Hall–Kier alpha value is -1.33. The predicted molar refractivity (Wildman–Crippen MR) is 85.8 cm³/mol. The summed E-state index contributed by atoms with van der Waals surface area (Å²) < 4.78 is 11.7. The number of fused-ring (bicyclic) bond motifs is 1. The molecule has 1 amide bonds. The summed E-state index contributed by atoms with van der Waals surface area (Å²) in [4.78, 5) is 15.0. The second kappa shape index (κ2) is 6.29. The van der Waals surface area contributed by atoms with Gasteiger partial charge in [-0.15, -0.1) is 0 Å². The molecule has 5 nitrogen and oxygen atoms in total. The first kappa shape index (κ1) is 15.2. The molecule has 0 spiro atoms. The Labute approximate surface area is 137 Å². The van der Waals surface area contributed by atoms with E-state index in [1.807, 2.05) is 13.0 Å². The van der Waals surface area contributed by atoms with E-state index in [0.717, 1.165) is 63.4 Å². The zero-order chi connectivity index (χ0) is 15.8. The number of likely N-dealkylation sites (tertiary alicyclic amines) is 1. The molecule has 5 heteroatoms. The third-order valence-corrected chi connectivity index (χ3v) is 5.39. The largest absolute Gasteiger partial charge is 0.465 e. The standard InChI is InChI=1S/C18H26N2O3/c1-12-2-5-14(23-12)10-20-8-6-17-16(11-20)15(7-9-22-17)18(21)19-13-3-4-13/h2,5,13,15-17H,3-4,6-11H2,1H3,(H,19,21)/t15-,16+,17-/m1/s1. The summed E-state index contributed by atoms with van der Waals surface area (Å²) in [5.41, 5.74) is 0. The lowest BCUT2D eigenvalue weighted by molar-refractivity contribution is -0.142. The molecule has 1 N–H and O–H groups in total. The van der Waals surface area contributed by atoms with Crippen LogP contribution in [0.2, 0.25) is 0 Å². The minimum atomic E-state index is 0.107. The van der Waals surface area contributed by atoms with Crippen LogP contribution in [0.1, 0.15) is 37.2 Å². The smallest absolute Gasteiger partial charge is 0.223 e. The van der Waals surface area contributed by atoms with Crippen LogP contribution in [-0.4, -0.2) is 42.6 Å². The van der Waals surface area contributed by atoms with Crippen molar-refractivity contribution in [3.63, 3.8) is 0 Å². The van der Waals surface area contributed by atoms with Crippen LogP contribution in [0.15, 0.2) is 16.5 Å². The van der Waals surface area contributed by atoms with Gasteiger partial charge in [0, 0.05) is 37.6 Å². The van der Waals surface area contributed by atoms with Gasteiger partial charge in [-0.05, 0) is 44.7 Å². The summed E-state index contributed by atoms with van der Waals surface area (Å²) >= 11 is 0. The van der Waals surface area contributed by atoms with Crippen LogP contribution in [0.5, 0.6) is 0 Å². The number of hydrogen-bond acceptors (Lipinski definition) is 4. The third kappa shape index (κ3) is 3.45. The number of carbonyl (C=O) groups is 1. The van der Waals surface area contributed by atoms with Crippen LogP contribution in [0.3, 0.4) is 0 Å². The van der Waals surface area contributed by atoms with E-state index in [9.17, 15) is 4.79 Å². The predicted octanol–water partition coefficient (Wildman–Crippen LogP) is 2.09. The highest BCUT2D eigenvalue weighted by atomic mass is 16.5. The zero-order valence-corrected chi connectivity index (χ0v) is 13.8. The molecular weight excluding hydrogens is 292 g/mol. The molecule has 0 radical (unpaired) electrons. The maximum Gasteiger partial charge on any atom is 0.223 e. The van der Waals surface area contributed by atoms with Crippen LogP contribution in [-0.2, 0) is 16.1 Å². The van der Waals surface area contributed by atoms with Crippen LogP contribution in [0.25, 0.3) is 0 Å². The topological polar surface area (TPSA) is 54.7 Å². The fourth-order valence-electron chi connectivity index (χ4n) is 3.98. The number of aryl methyl sites for hydroxylation is 1. The molecule has 3 fully saturated rings. The first-order valence-electron chi connectivity index (χ1n) is 8.88. The molecule has 2 saturated heterocycles. The second-order valence-electron chi connectivity index (χ2n) is 7.29. The minimum absolute atomic E-state index is 0.107. The third-order valence-electron chi connectivity index (χ3n) is 5.39. The van der Waals surface area contributed by atoms with Crippen molar-refractivity contribution < 1.29 is 13.9 Å². The van der Waals surface area contributed by atoms with Crippen molar-refractivity contribution in [2.24, 2.45) is 11.8 Å². The van der Waals surface area contributed by atoms with Gasteiger partial charge in [-0.3, -0.25) is 9.69 Å². The first-order valence-corrected chi connectivity index (χ1v) is 8.88. The summed E-state index contributed by atoms with van der Waals surface area (Å²) in [6, 6.07) is 4.50. The van der Waals surface area contributed by atoms with Gasteiger partial charge in [-0.2, -0.15) is 0 Å². The van der Waals surface area contributed by atoms with Crippen molar-refractivity contribution in [3.05, 3.63) is 23.7 Å². The van der Waals surface area contributed by atoms with Gasteiger partial charge in [-0.1, -0.05) is 0 Å². The van der Waals surface area contributed by atoms with Gasteiger partial charge < -0.3 is 14.5 Å². The monoisotopic (exact) mass is 318 g/mol. The highest BCUT2D eigenvalue weighted by molar-refractivity contribution is 5.79. The minimum Gasteiger partial charge on any atom is -0.465 e. The molecule has 3 atom stereocenters. The fourth-order valence-corrected chi connectivity index (χ4v) is 3.98. The van der Waals surface area contributed by atoms with Crippen molar-refractivity contribution in [3.8, 4) is 0 Å². The van der Waals surface area contributed by atoms with Gasteiger partial charge in [0.2, 0.25) is 5.91 Å². The highest BCUT2D eigenvalue weighted by Crippen LogP contribution is 2.34. The molecule has 1 aromatic rings. The van der Waals surface area contributed by atoms with Gasteiger partial charge in [0.05, 0.1) is 12.6 Å². The van der Waals surface area contributed by atoms with Gasteiger partial charge in [0.1, 0.15) is 11.5 Å². The Morgan fingerprint density at radius 1 is 1.30 bits per heavy atom. The quantitative estimate of drug-likeness (QED) is 0.924. The summed E-state index contributed by atoms with van der Waals surface area (Å²) in [6.07, 6.45) is 4.40. The SMILES string of the molecule is Cc1ccc(CN2CC[C@H]3OCC[C@@H](C(=O)NC4CC4)[C@@H]3C2)o1. The lowest BCUT2D eigenvalue weighted by Crippen LogP contribution is -2.53. The molecule has 3 heterocycles. The zero-order valence-electron chi connectivity index (χ0n) is 13.8. The van der Waals surface area contributed by atoms with E-state index in [1.54, 1.807) is 0 Å². The lowest BCUT2D eigenvalue weighted by atomic mass is 9.79. The summed E-state index contributed by atoms with van der Waals surface area (Å²) in [7, 11) is 0. The second-order valence-corrected chi connectivity index (χ2v) is 7.29. The van der Waals surface area contributed by atoms with E-state index >= 15 is 0 Å². The molecule has 0 bridgehead atoms. The molecule has 1 saturated carbocycles. The Balaban J connectivity index is 1.41. The first-order chi connectivity index (χ1) is 11.2. The van der Waals surface area contributed by atoms with Gasteiger partial charge in [0.15, 0.2) is 0 Å². The molecule has 2 aliphatic heterocycles. The number of rotatable bonds is 4. The van der Waals surface area contributed by atoms with Crippen LogP contribution < -0.4 is 5.32 Å². The fraction of sp³-hybridized carbons (Fsp3) is 0.722. The number of nitrogens with one attached hydrogen (secondary N) is 1. The number of nitrogens with zero attached hydrogens (tertiary/aromatic N) is 1. The number of ether oxygens (including phenoxy) is 1. The van der Waals surface area contributed by atoms with E-state index < -0.39 is 0 Å². The summed E-state index contributed by atoms with van der Waals surface area (Å²) in [5, 5.41) is 3.19. The van der Waals surface area contributed by atoms with Gasteiger partial charge in [-0.25, -0.2) is 0 Å². The van der Waals surface area contributed by atoms with E-state index in [4.69, 9.17) is 9.15 Å². The molecule has 126 valence electrons. The molecule has 4 rings (SSSR count). The Kier molecular flexibility index (Phi) is 4.16. The average molecular weight is 318 g/mol. The normalized spacial score (nSPS) is 31.6. The Morgan fingerprint density at radius 3 is 2.91 bits per heavy atom. The molecule has 1 aliphatic carbocycles. The van der Waals surface area contributed by atoms with E-state index in [1.165, 1.54) is 0 Å². The maximum absolute atomic E-state index is 12.6. The summed E-state index contributed by atoms with van der Waals surface area (Å²) in [5.74, 6) is 2.64. The summed E-state index contributed by atoms with van der Waals surface area (Å²) in [6.45, 7) is 5.46. The molecular formula is C18H26N2O3. The number of amides is 1. The van der Waals surface area contributed by atoms with Gasteiger partial charge >= 0.3 is 0 Å². The molecule has 0 unspecified atom stereocenters. The van der Waals surface area contributed by atoms with E-state index in [0.29, 0.717) is 12.0 Å². The molecule has 3 aliphatic rings. The lowest BCUT2D eigenvalue weighted by Gasteiger charge is -2.44. The van der Waals surface area contributed by atoms with Crippen LogP contribution in [0, 0.1) is 18.8 Å². The van der Waals surface area contributed by atoms with E-state index in [2.05, 4.69) is 16.3 Å². The number of furan rings is 1. The van der Waals surface area contributed by atoms with Crippen molar-refractivity contribution in [1.82, 2.24) is 10.2 Å². The van der Waals surface area contributed by atoms with E-state index in [-0.39, 0.29) is 17.9 Å².